The van der Waals surface area contributed by atoms with Crippen LogP contribution in [0.1, 0.15) is 11.1 Å². The maximum Gasteiger partial charge on any atom is 0.0666 e. The summed E-state index contributed by atoms with van der Waals surface area (Å²) < 4.78 is 0. The molecule has 0 amide bonds. The molecule has 0 aliphatic heterocycles. The van der Waals surface area contributed by atoms with Gasteiger partial charge in [0.2, 0.25) is 0 Å². The van der Waals surface area contributed by atoms with Crippen molar-refractivity contribution < 1.29 is 0 Å². The van der Waals surface area contributed by atoms with Crippen molar-refractivity contribution in [1.29, 1.82) is 0 Å². The summed E-state index contributed by atoms with van der Waals surface area (Å²) in [4.78, 5) is 0. The topological polar surface area (TPSA) is 15.6 Å². The van der Waals surface area contributed by atoms with Gasteiger partial charge in [-0.25, -0.2) is 0 Å². The molecule has 32 heavy (non-hydrogen) atoms. The Morgan fingerprint density at radius 3 is 1.94 bits per heavy atom. The summed E-state index contributed by atoms with van der Waals surface area (Å²) >= 11 is 0. The van der Waals surface area contributed by atoms with Gasteiger partial charge in [0.05, 0.1) is 18.4 Å². The third-order valence-electron chi connectivity index (χ3n) is 6.13. The van der Waals surface area contributed by atoms with Crippen LogP contribution in [0.3, 0.4) is 0 Å². The molecular weight excluding hydrogens is 388 g/mol. The molecule has 0 radical (unpaired) electrons. The second-order valence-electron chi connectivity index (χ2n) is 8.13. The molecule has 2 nitrogen and oxygen atoms in total. The average molecular weight is 411 g/mol. The van der Waals surface area contributed by atoms with E-state index in [9.17, 15) is 0 Å². The number of nitrogens with zero attached hydrogens (tertiary/aromatic N) is 2. The highest BCUT2D eigenvalue weighted by molar-refractivity contribution is 6.25. The van der Waals surface area contributed by atoms with E-state index >= 15 is 0 Å². The van der Waals surface area contributed by atoms with Crippen LogP contribution in [0.4, 0.5) is 5.69 Å². The Bertz CT molecular complexity index is 1520. The van der Waals surface area contributed by atoms with Gasteiger partial charge in [-0.2, -0.15) is 5.10 Å². The van der Waals surface area contributed by atoms with Gasteiger partial charge >= 0.3 is 0 Å². The molecule has 0 unspecified atom stereocenters. The fourth-order valence-corrected chi connectivity index (χ4v) is 4.56. The monoisotopic (exact) mass is 410 g/mol. The maximum atomic E-state index is 4.95. The lowest BCUT2D eigenvalue weighted by atomic mass is 9.92. The maximum absolute atomic E-state index is 4.95. The van der Waals surface area contributed by atoms with Crippen molar-refractivity contribution >= 4 is 44.2 Å². The van der Waals surface area contributed by atoms with Crippen LogP contribution in [0, 0.1) is 0 Å². The van der Waals surface area contributed by atoms with Crippen molar-refractivity contribution in [2.75, 3.05) is 5.01 Å². The summed E-state index contributed by atoms with van der Waals surface area (Å²) in [6.45, 7) is 0.715. The third kappa shape index (κ3) is 3.27. The highest BCUT2D eigenvalue weighted by Gasteiger charge is 2.11. The number of para-hydroxylation sites is 1. The average Bonchev–Trinajstić information content (AvgIpc) is 2.86. The first-order valence-electron chi connectivity index (χ1n) is 10.9. The van der Waals surface area contributed by atoms with Crippen molar-refractivity contribution in [2.45, 2.75) is 6.54 Å². The summed E-state index contributed by atoms with van der Waals surface area (Å²) in [7, 11) is 0. The zero-order chi connectivity index (χ0) is 21.3. The van der Waals surface area contributed by atoms with Crippen LogP contribution in [0.25, 0.3) is 32.3 Å². The van der Waals surface area contributed by atoms with Crippen LogP contribution in [0.15, 0.2) is 120 Å². The molecule has 6 rings (SSSR count). The first kappa shape index (κ1) is 18.6. The lowest BCUT2D eigenvalue weighted by Gasteiger charge is -2.19. The van der Waals surface area contributed by atoms with Crippen molar-refractivity contribution in [3.8, 4) is 0 Å². The second-order valence-corrected chi connectivity index (χ2v) is 8.13. The zero-order valence-corrected chi connectivity index (χ0v) is 17.6. The van der Waals surface area contributed by atoms with Crippen molar-refractivity contribution in [3.63, 3.8) is 0 Å². The van der Waals surface area contributed by atoms with E-state index in [4.69, 9.17) is 5.10 Å². The molecule has 0 aliphatic carbocycles. The van der Waals surface area contributed by atoms with E-state index in [1.807, 2.05) is 18.3 Å². The Balaban J connectivity index is 1.46. The standard InChI is InChI=1S/C30H22N2/c1-3-8-22(9-4-1)21-32(27-12-5-2-6-13-27)31-20-26-17-16-25-15-14-23-10-7-11-24-18-19-28(26)30(25)29(23)24/h1-20H,21H2/b31-20-. The summed E-state index contributed by atoms with van der Waals surface area (Å²) in [5.74, 6) is 0. The second kappa shape index (κ2) is 7.82. The van der Waals surface area contributed by atoms with Gasteiger partial charge in [0.15, 0.2) is 0 Å². The number of hydrazone groups is 1. The van der Waals surface area contributed by atoms with Crippen molar-refractivity contribution in [3.05, 3.63) is 126 Å². The molecule has 0 aromatic heterocycles. The quantitative estimate of drug-likeness (QED) is 0.162. The Morgan fingerprint density at radius 2 is 1.19 bits per heavy atom. The Hall–Kier alpha value is -4.17. The van der Waals surface area contributed by atoms with Crippen LogP contribution in [0.5, 0.6) is 0 Å². The van der Waals surface area contributed by atoms with E-state index in [-0.39, 0.29) is 0 Å². The summed E-state index contributed by atoms with van der Waals surface area (Å²) in [5, 5.41) is 14.7. The fourth-order valence-electron chi connectivity index (χ4n) is 4.56. The summed E-state index contributed by atoms with van der Waals surface area (Å²) in [6.07, 6.45) is 2.00. The predicted molar refractivity (Wildman–Crippen MR) is 137 cm³/mol. The van der Waals surface area contributed by atoms with E-state index < -0.39 is 0 Å². The van der Waals surface area contributed by atoms with Crippen molar-refractivity contribution in [2.24, 2.45) is 5.10 Å². The molecule has 0 fully saturated rings. The molecule has 0 saturated carbocycles. The summed E-state index contributed by atoms with van der Waals surface area (Å²) in [5.41, 5.74) is 3.43. The Morgan fingerprint density at radius 1 is 0.562 bits per heavy atom. The van der Waals surface area contributed by atoms with Gasteiger partial charge in [-0.05, 0) is 50.0 Å². The number of rotatable bonds is 5. The molecule has 0 bridgehead atoms. The van der Waals surface area contributed by atoms with E-state index in [1.54, 1.807) is 0 Å². The number of anilines is 1. The predicted octanol–water partition coefficient (Wildman–Crippen LogP) is 7.62. The van der Waals surface area contributed by atoms with Crippen LogP contribution in [-0.2, 0) is 6.54 Å². The molecule has 0 spiro atoms. The van der Waals surface area contributed by atoms with E-state index in [0.717, 1.165) is 11.3 Å². The molecule has 6 aromatic rings. The van der Waals surface area contributed by atoms with Crippen LogP contribution >= 0.6 is 0 Å². The number of benzene rings is 6. The van der Waals surface area contributed by atoms with E-state index in [1.165, 1.54) is 37.9 Å². The van der Waals surface area contributed by atoms with Crippen LogP contribution in [0.2, 0.25) is 0 Å². The highest BCUT2D eigenvalue weighted by Crippen LogP contribution is 2.35. The number of hydrogen-bond donors (Lipinski definition) is 0. The van der Waals surface area contributed by atoms with Crippen LogP contribution in [-0.4, -0.2) is 6.21 Å². The normalized spacial score (nSPS) is 11.8. The minimum Gasteiger partial charge on any atom is -0.261 e. The molecule has 0 N–H and O–H groups in total. The zero-order valence-electron chi connectivity index (χ0n) is 17.6. The molecule has 2 heteroatoms. The van der Waals surface area contributed by atoms with Gasteiger partial charge in [0.25, 0.3) is 0 Å². The Labute approximate surface area is 187 Å². The summed E-state index contributed by atoms with van der Waals surface area (Å²) in [6, 6.07) is 40.6. The minimum absolute atomic E-state index is 0.715. The third-order valence-corrected chi connectivity index (χ3v) is 6.13. The Kier molecular flexibility index (Phi) is 4.54. The first-order chi connectivity index (χ1) is 15.9. The van der Waals surface area contributed by atoms with Gasteiger partial charge in [0.1, 0.15) is 0 Å². The molecule has 0 atom stereocenters. The van der Waals surface area contributed by atoms with Crippen molar-refractivity contribution in [1.82, 2.24) is 0 Å². The molecule has 0 aliphatic rings. The number of hydrogen-bond acceptors (Lipinski definition) is 2. The molecule has 6 aromatic carbocycles. The highest BCUT2D eigenvalue weighted by atomic mass is 15.4. The molecule has 152 valence electrons. The van der Waals surface area contributed by atoms with E-state index in [2.05, 4.69) is 108 Å². The molecule has 0 heterocycles. The van der Waals surface area contributed by atoms with Gasteiger partial charge in [-0.3, -0.25) is 5.01 Å². The minimum atomic E-state index is 0.715. The lowest BCUT2D eigenvalue weighted by molar-refractivity contribution is 0.859. The largest absolute Gasteiger partial charge is 0.261 e. The fraction of sp³-hybridized carbons (Fsp3) is 0.0333. The van der Waals surface area contributed by atoms with Crippen LogP contribution < -0.4 is 5.01 Å². The van der Waals surface area contributed by atoms with Gasteiger partial charge in [0, 0.05) is 5.56 Å². The van der Waals surface area contributed by atoms with Gasteiger partial charge < -0.3 is 0 Å². The molecular formula is C30H22N2. The SMILES string of the molecule is C(=N/N(Cc1ccccc1)c1ccccc1)/c1ccc2ccc3cccc4ccc1c2c34. The van der Waals surface area contributed by atoms with E-state index in [0.29, 0.717) is 6.54 Å². The van der Waals surface area contributed by atoms with Gasteiger partial charge in [-0.1, -0.05) is 103 Å². The smallest absolute Gasteiger partial charge is 0.0666 e. The molecule has 0 saturated heterocycles. The first-order valence-corrected chi connectivity index (χ1v) is 10.9. The lowest BCUT2D eigenvalue weighted by Crippen LogP contribution is -2.16. The van der Waals surface area contributed by atoms with Gasteiger partial charge in [-0.15, -0.1) is 0 Å².